The summed E-state index contributed by atoms with van der Waals surface area (Å²) in [4.78, 5) is 36.3. The van der Waals surface area contributed by atoms with Crippen molar-refractivity contribution in [2.45, 2.75) is 24.5 Å². The Morgan fingerprint density at radius 2 is 1.42 bits per heavy atom. The zero-order valence-corrected chi connectivity index (χ0v) is 20.9. The molecule has 5 N–H and O–H groups in total. The van der Waals surface area contributed by atoms with Crippen LogP contribution in [0.4, 0.5) is 4.79 Å². The second-order valence-corrected chi connectivity index (χ2v) is 9.09. The van der Waals surface area contributed by atoms with Crippen LogP contribution in [0, 0.1) is 0 Å². The van der Waals surface area contributed by atoms with E-state index in [1.165, 1.54) is 0 Å². The SMILES string of the molecule is N[C@@](CCNCCNC(=O)OCC1c2ccccc2-c2ccccc21)(C(=O)O)C(=O)OCc1ccccc1. The summed E-state index contributed by atoms with van der Waals surface area (Å²) >= 11 is 0. The molecule has 1 atom stereocenters. The number of amides is 1. The van der Waals surface area contributed by atoms with Crippen LogP contribution in [-0.2, 0) is 25.7 Å². The molecule has 38 heavy (non-hydrogen) atoms. The molecule has 9 heteroatoms. The van der Waals surface area contributed by atoms with Gasteiger partial charge in [-0.15, -0.1) is 0 Å². The number of ether oxygens (including phenoxy) is 2. The van der Waals surface area contributed by atoms with Gasteiger partial charge in [0.1, 0.15) is 13.2 Å². The van der Waals surface area contributed by atoms with Crippen molar-refractivity contribution in [3.8, 4) is 11.1 Å². The average molecular weight is 518 g/mol. The molecule has 0 saturated carbocycles. The molecule has 0 spiro atoms. The first kappa shape index (κ1) is 26.8. The number of nitrogens with two attached hydrogens (primary N) is 1. The fourth-order valence-corrected chi connectivity index (χ4v) is 4.46. The summed E-state index contributed by atoms with van der Waals surface area (Å²) in [7, 11) is 0. The molecule has 1 amide bonds. The van der Waals surface area contributed by atoms with E-state index < -0.39 is 23.6 Å². The molecule has 1 aliphatic rings. The third kappa shape index (κ3) is 6.19. The van der Waals surface area contributed by atoms with Gasteiger partial charge in [0.2, 0.25) is 5.54 Å². The van der Waals surface area contributed by atoms with Crippen molar-refractivity contribution in [2.24, 2.45) is 5.73 Å². The minimum Gasteiger partial charge on any atom is -0.479 e. The number of esters is 1. The number of hydrogen-bond acceptors (Lipinski definition) is 7. The molecule has 0 fully saturated rings. The topological polar surface area (TPSA) is 140 Å². The van der Waals surface area contributed by atoms with Crippen LogP contribution >= 0.6 is 0 Å². The fraction of sp³-hybridized carbons (Fsp3) is 0.276. The monoisotopic (exact) mass is 517 g/mol. The van der Waals surface area contributed by atoms with E-state index in [9.17, 15) is 19.5 Å². The van der Waals surface area contributed by atoms with E-state index in [-0.39, 0.29) is 38.6 Å². The molecule has 198 valence electrons. The Morgan fingerprint density at radius 1 is 0.816 bits per heavy atom. The molecule has 3 aromatic carbocycles. The summed E-state index contributed by atoms with van der Waals surface area (Å²) < 4.78 is 10.6. The van der Waals surface area contributed by atoms with Crippen LogP contribution in [0.2, 0.25) is 0 Å². The van der Waals surface area contributed by atoms with E-state index in [0.29, 0.717) is 6.54 Å². The number of aliphatic carboxylic acids is 1. The Kier molecular flexibility index (Phi) is 8.73. The first-order chi connectivity index (χ1) is 18.4. The molecule has 0 unspecified atom stereocenters. The predicted octanol–water partition coefficient (Wildman–Crippen LogP) is 3.03. The van der Waals surface area contributed by atoms with Crippen molar-refractivity contribution in [1.82, 2.24) is 10.6 Å². The zero-order chi connectivity index (χ0) is 27.0. The highest BCUT2D eigenvalue weighted by molar-refractivity contribution is 6.03. The summed E-state index contributed by atoms with van der Waals surface area (Å²) in [5, 5.41) is 15.2. The summed E-state index contributed by atoms with van der Waals surface area (Å²) in [5.74, 6) is -2.50. The minimum absolute atomic E-state index is 0.0263. The van der Waals surface area contributed by atoms with E-state index in [1.807, 2.05) is 30.3 Å². The quantitative estimate of drug-likeness (QED) is 0.163. The molecule has 0 aliphatic heterocycles. The highest BCUT2D eigenvalue weighted by atomic mass is 16.5. The largest absolute Gasteiger partial charge is 0.479 e. The first-order valence-corrected chi connectivity index (χ1v) is 12.4. The van der Waals surface area contributed by atoms with Crippen LogP contribution in [0.1, 0.15) is 29.0 Å². The van der Waals surface area contributed by atoms with E-state index in [2.05, 4.69) is 34.9 Å². The molecule has 4 rings (SSSR count). The molecule has 0 radical (unpaired) electrons. The van der Waals surface area contributed by atoms with Gasteiger partial charge in [0, 0.05) is 19.0 Å². The molecular formula is C29H31N3O6. The van der Waals surface area contributed by atoms with Gasteiger partial charge in [-0.25, -0.2) is 14.4 Å². The van der Waals surface area contributed by atoms with Crippen LogP contribution in [0.25, 0.3) is 11.1 Å². The van der Waals surface area contributed by atoms with Crippen molar-refractivity contribution in [3.63, 3.8) is 0 Å². The van der Waals surface area contributed by atoms with Gasteiger partial charge in [-0.2, -0.15) is 0 Å². The third-order valence-electron chi connectivity index (χ3n) is 6.57. The van der Waals surface area contributed by atoms with Gasteiger partial charge >= 0.3 is 18.0 Å². The fourth-order valence-electron chi connectivity index (χ4n) is 4.46. The van der Waals surface area contributed by atoms with Crippen LogP contribution in [0.15, 0.2) is 78.9 Å². The van der Waals surface area contributed by atoms with E-state index in [4.69, 9.17) is 15.2 Å². The van der Waals surface area contributed by atoms with E-state index in [1.54, 1.807) is 24.3 Å². The van der Waals surface area contributed by atoms with Crippen molar-refractivity contribution in [1.29, 1.82) is 0 Å². The molecule has 3 aromatic rings. The normalized spacial score (nSPS) is 13.6. The lowest BCUT2D eigenvalue weighted by Crippen LogP contribution is -2.57. The maximum Gasteiger partial charge on any atom is 0.407 e. The molecule has 1 aliphatic carbocycles. The number of nitrogens with one attached hydrogen (secondary N) is 2. The lowest BCUT2D eigenvalue weighted by Gasteiger charge is -2.23. The van der Waals surface area contributed by atoms with Crippen molar-refractivity contribution < 1.29 is 29.0 Å². The number of carboxylic acid groups (broad SMARTS) is 1. The Bertz CT molecular complexity index is 1240. The average Bonchev–Trinajstić information content (AvgIpc) is 3.26. The van der Waals surface area contributed by atoms with Crippen molar-refractivity contribution in [3.05, 3.63) is 95.6 Å². The van der Waals surface area contributed by atoms with Crippen molar-refractivity contribution in [2.75, 3.05) is 26.2 Å². The van der Waals surface area contributed by atoms with Gasteiger partial charge < -0.3 is 30.9 Å². The van der Waals surface area contributed by atoms with Crippen LogP contribution in [0.5, 0.6) is 0 Å². The standard InChI is InChI=1S/C29H31N3O6/c30-29(26(33)34,27(35)37-18-20-8-2-1-3-9-20)14-15-31-16-17-32-28(36)38-19-25-23-12-6-4-10-21(23)22-11-5-7-13-24(22)25/h1-13,25,31H,14-19,30H2,(H,32,36)(H,33,34)/t29-/m0/s1. The zero-order valence-electron chi connectivity index (χ0n) is 20.9. The van der Waals surface area contributed by atoms with Gasteiger partial charge in [-0.05, 0) is 40.8 Å². The highest BCUT2D eigenvalue weighted by Gasteiger charge is 2.43. The predicted molar refractivity (Wildman–Crippen MR) is 141 cm³/mol. The number of carbonyl (C=O) groups excluding carboxylic acids is 2. The number of carbonyl (C=O) groups is 3. The number of hydrogen-bond donors (Lipinski definition) is 4. The second-order valence-electron chi connectivity index (χ2n) is 9.09. The number of carboxylic acids is 1. The van der Waals surface area contributed by atoms with Crippen LogP contribution in [-0.4, -0.2) is 54.9 Å². The number of benzene rings is 3. The van der Waals surface area contributed by atoms with Gasteiger partial charge in [0.05, 0.1) is 0 Å². The maximum absolute atomic E-state index is 12.4. The lowest BCUT2D eigenvalue weighted by molar-refractivity contribution is -0.162. The molecule has 9 nitrogen and oxygen atoms in total. The summed E-state index contributed by atoms with van der Waals surface area (Å²) in [6.07, 6.45) is -0.724. The second kappa shape index (κ2) is 12.4. The van der Waals surface area contributed by atoms with Gasteiger partial charge in [0.25, 0.3) is 0 Å². The molecule has 0 bridgehead atoms. The van der Waals surface area contributed by atoms with Gasteiger partial charge in [-0.3, -0.25) is 0 Å². The van der Waals surface area contributed by atoms with Gasteiger partial charge in [0.15, 0.2) is 0 Å². The summed E-state index contributed by atoms with van der Waals surface area (Å²) in [5.41, 5.74) is 9.00. The smallest absolute Gasteiger partial charge is 0.407 e. The molecular weight excluding hydrogens is 486 g/mol. The Morgan fingerprint density at radius 3 is 2.05 bits per heavy atom. The van der Waals surface area contributed by atoms with E-state index in [0.717, 1.165) is 27.8 Å². The molecule has 0 aromatic heterocycles. The van der Waals surface area contributed by atoms with Crippen LogP contribution < -0.4 is 16.4 Å². The number of fused-ring (bicyclic) bond motifs is 3. The number of alkyl carbamates (subject to hydrolysis) is 1. The Hall–Kier alpha value is -4.21. The van der Waals surface area contributed by atoms with Gasteiger partial charge in [-0.1, -0.05) is 78.9 Å². The summed E-state index contributed by atoms with van der Waals surface area (Å²) in [6, 6.07) is 25.1. The first-order valence-electron chi connectivity index (χ1n) is 12.4. The highest BCUT2D eigenvalue weighted by Crippen LogP contribution is 2.44. The third-order valence-corrected chi connectivity index (χ3v) is 6.57. The Balaban J connectivity index is 1.17. The minimum atomic E-state index is -2.18. The number of rotatable bonds is 12. The molecule has 0 heterocycles. The van der Waals surface area contributed by atoms with Crippen LogP contribution in [0.3, 0.4) is 0 Å². The molecule has 0 saturated heterocycles. The lowest BCUT2D eigenvalue weighted by atomic mass is 9.97. The van der Waals surface area contributed by atoms with E-state index >= 15 is 0 Å². The van der Waals surface area contributed by atoms with Crippen molar-refractivity contribution >= 4 is 18.0 Å². The maximum atomic E-state index is 12.4. The summed E-state index contributed by atoms with van der Waals surface area (Å²) in [6.45, 7) is 0.865. The Labute approximate surface area is 220 Å².